The van der Waals surface area contributed by atoms with Gasteiger partial charge in [-0.2, -0.15) is 0 Å². The summed E-state index contributed by atoms with van der Waals surface area (Å²) in [5, 5.41) is 2.71. The highest BCUT2D eigenvalue weighted by Gasteiger charge is 2.36. The third kappa shape index (κ3) is 3.62. The second-order valence-electron chi connectivity index (χ2n) is 5.18. The minimum absolute atomic E-state index is 0.0302. The zero-order valence-electron chi connectivity index (χ0n) is 12.1. The van der Waals surface area contributed by atoms with Crippen LogP contribution in [0.5, 0.6) is 0 Å². The first-order valence-electron chi connectivity index (χ1n) is 7.24. The molecule has 0 spiro atoms. The summed E-state index contributed by atoms with van der Waals surface area (Å²) in [6.45, 7) is 4.44. The Kier molecular flexibility index (Phi) is 4.82. The monoisotopic (exact) mass is 278 g/mol. The molecule has 110 valence electrons. The highest BCUT2D eigenvalue weighted by molar-refractivity contribution is 5.84. The maximum atomic E-state index is 12.4. The van der Waals surface area contributed by atoms with Gasteiger partial charge in [-0.05, 0) is 38.8 Å². The first-order valence-corrected chi connectivity index (χ1v) is 7.24. The Hall–Kier alpha value is -1.78. The summed E-state index contributed by atoms with van der Waals surface area (Å²) in [6.07, 6.45) is 4.21. The van der Waals surface area contributed by atoms with Crippen LogP contribution in [-0.2, 0) is 9.59 Å². The van der Waals surface area contributed by atoms with Crippen molar-refractivity contribution < 1.29 is 14.0 Å². The number of carbonyl (C=O) groups is 2. The van der Waals surface area contributed by atoms with Crippen molar-refractivity contribution in [2.24, 2.45) is 0 Å². The zero-order valence-corrected chi connectivity index (χ0v) is 12.1. The van der Waals surface area contributed by atoms with Gasteiger partial charge in [-0.25, -0.2) is 0 Å². The number of nitrogens with one attached hydrogen (secondary N) is 1. The van der Waals surface area contributed by atoms with E-state index in [-0.39, 0.29) is 30.7 Å². The third-order valence-electron chi connectivity index (χ3n) is 3.54. The molecule has 1 saturated carbocycles. The van der Waals surface area contributed by atoms with Crippen LogP contribution in [0.1, 0.15) is 51.3 Å². The van der Waals surface area contributed by atoms with Crippen molar-refractivity contribution in [3.63, 3.8) is 0 Å². The van der Waals surface area contributed by atoms with Crippen molar-refractivity contribution in [3.8, 4) is 0 Å². The van der Waals surface area contributed by atoms with E-state index < -0.39 is 0 Å². The minimum atomic E-state index is -0.0702. The van der Waals surface area contributed by atoms with Gasteiger partial charge in [-0.15, -0.1) is 0 Å². The molecule has 0 aliphatic heterocycles. The lowest BCUT2D eigenvalue weighted by atomic mass is 10.1. The lowest BCUT2D eigenvalue weighted by molar-refractivity contribution is -0.136. The van der Waals surface area contributed by atoms with E-state index in [0.29, 0.717) is 12.6 Å². The Morgan fingerprint density at radius 1 is 1.45 bits per heavy atom. The van der Waals surface area contributed by atoms with Gasteiger partial charge < -0.3 is 14.6 Å². The summed E-state index contributed by atoms with van der Waals surface area (Å²) in [5.41, 5.74) is 0. The molecule has 5 nitrogen and oxygen atoms in total. The molecule has 0 bridgehead atoms. The summed E-state index contributed by atoms with van der Waals surface area (Å²) in [7, 11) is 0. The molecule has 0 aromatic carbocycles. The number of furan rings is 1. The van der Waals surface area contributed by atoms with E-state index in [1.165, 1.54) is 0 Å². The quantitative estimate of drug-likeness (QED) is 0.832. The number of carbonyl (C=O) groups excluding carboxylic acids is 2. The van der Waals surface area contributed by atoms with Gasteiger partial charge in [0, 0.05) is 25.4 Å². The average Bonchev–Trinajstić information content (AvgIpc) is 3.09. The van der Waals surface area contributed by atoms with E-state index in [1.54, 1.807) is 6.26 Å². The lowest BCUT2D eigenvalue weighted by Gasteiger charge is -2.28. The largest absolute Gasteiger partial charge is 0.467 e. The number of amides is 2. The molecule has 1 fully saturated rings. The van der Waals surface area contributed by atoms with E-state index in [9.17, 15) is 9.59 Å². The fourth-order valence-corrected chi connectivity index (χ4v) is 2.39. The molecule has 1 unspecified atom stereocenters. The van der Waals surface area contributed by atoms with Crippen molar-refractivity contribution in [3.05, 3.63) is 24.2 Å². The summed E-state index contributed by atoms with van der Waals surface area (Å²) < 4.78 is 5.40. The Balaban J connectivity index is 1.94. The summed E-state index contributed by atoms with van der Waals surface area (Å²) in [4.78, 5) is 25.7. The molecular formula is C15H22N2O3. The fraction of sp³-hybridized carbons (Fsp3) is 0.600. The first kappa shape index (κ1) is 14.6. The zero-order chi connectivity index (χ0) is 14.5. The van der Waals surface area contributed by atoms with Crippen LogP contribution in [0, 0.1) is 0 Å². The van der Waals surface area contributed by atoms with Crippen molar-refractivity contribution in [1.29, 1.82) is 0 Å². The molecule has 20 heavy (non-hydrogen) atoms. The molecule has 2 rings (SSSR count). The van der Waals surface area contributed by atoms with Crippen molar-refractivity contribution in [2.75, 3.05) is 6.54 Å². The van der Waals surface area contributed by atoms with E-state index in [1.807, 2.05) is 30.9 Å². The topological polar surface area (TPSA) is 62.6 Å². The molecule has 1 heterocycles. The van der Waals surface area contributed by atoms with Gasteiger partial charge in [0.25, 0.3) is 0 Å². The molecule has 0 saturated heterocycles. The Morgan fingerprint density at radius 3 is 2.75 bits per heavy atom. The summed E-state index contributed by atoms with van der Waals surface area (Å²) in [6, 6.07) is 3.95. The SMILES string of the molecule is CCNC(=O)CCC(=O)N(C1CC1)C(C)c1ccco1. The van der Waals surface area contributed by atoms with Crippen molar-refractivity contribution >= 4 is 11.8 Å². The van der Waals surface area contributed by atoms with Crippen LogP contribution < -0.4 is 5.32 Å². The fourth-order valence-electron chi connectivity index (χ4n) is 2.39. The predicted octanol–water partition coefficient (Wildman–Crippen LogP) is 2.25. The minimum Gasteiger partial charge on any atom is -0.467 e. The number of hydrogen-bond donors (Lipinski definition) is 1. The predicted molar refractivity (Wildman–Crippen MR) is 74.9 cm³/mol. The molecule has 2 amide bonds. The molecular weight excluding hydrogens is 256 g/mol. The lowest BCUT2D eigenvalue weighted by Crippen LogP contribution is -2.36. The van der Waals surface area contributed by atoms with E-state index >= 15 is 0 Å². The second kappa shape index (κ2) is 6.59. The Morgan fingerprint density at radius 2 is 2.20 bits per heavy atom. The summed E-state index contributed by atoms with van der Waals surface area (Å²) >= 11 is 0. The molecule has 1 aromatic rings. The maximum Gasteiger partial charge on any atom is 0.223 e. The van der Waals surface area contributed by atoms with Crippen LogP contribution in [0.4, 0.5) is 0 Å². The van der Waals surface area contributed by atoms with Gasteiger partial charge in [-0.3, -0.25) is 9.59 Å². The molecule has 1 aliphatic rings. The van der Waals surface area contributed by atoms with Gasteiger partial charge in [0.15, 0.2) is 0 Å². The maximum absolute atomic E-state index is 12.4. The van der Waals surface area contributed by atoms with E-state index in [0.717, 1.165) is 18.6 Å². The van der Waals surface area contributed by atoms with Gasteiger partial charge in [-0.1, -0.05) is 0 Å². The number of nitrogens with zero attached hydrogens (tertiary/aromatic N) is 1. The highest BCUT2D eigenvalue weighted by Crippen LogP contribution is 2.35. The van der Waals surface area contributed by atoms with Gasteiger partial charge in [0.05, 0.1) is 12.3 Å². The molecule has 1 atom stereocenters. The second-order valence-corrected chi connectivity index (χ2v) is 5.18. The standard InChI is InChI=1S/C15H22N2O3/c1-3-16-14(18)8-9-15(19)17(12-6-7-12)11(2)13-5-4-10-20-13/h4-5,10-12H,3,6-9H2,1-2H3,(H,16,18). The number of hydrogen-bond acceptors (Lipinski definition) is 3. The highest BCUT2D eigenvalue weighted by atomic mass is 16.3. The van der Waals surface area contributed by atoms with Gasteiger partial charge in [0.2, 0.25) is 11.8 Å². The molecule has 1 aliphatic carbocycles. The van der Waals surface area contributed by atoms with Crippen LogP contribution in [0.2, 0.25) is 0 Å². The molecule has 1 N–H and O–H groups in total. The van der Waals surface area contributed by atoms with E-state index in [2.05, 4.69) is 5.32 Å². The molecule has 5 heteroatoms. The third-order valence-corrected chi connectivity index (χ3v) is 3.54. The van der Waals surface area contributed by atoms with Crippen molar-refractivity contribution in [2.45, 2.75) is 51.6 Å². The molecule has 1 aromatic heterocycles. The Labute approximate surface area is 119 Å². The van der Waals surface area contributed by atoms with Crippen LogP contribution in [0.25, 0.3) is 0 Å². The van der Waals surface area contributed by atoms with Gasteiger partial charge in [0.1, 0.15) is 5.76 Å². The van der Waals surface area contributed by atoms with Gasteiger partial charge >= 0.3 is 0 Å². The van der Waals surface area contributed by atoms with Crippen molar-refractivity contribution in [1.82, 2.24) is 10.2 Å². The van der Waals surface area contributed by atoms with Crippen LogP contribution in [-0.4, -0.2) is 29.3 Å². The normalized spacial score (nSPS) is 15.7. The van der Waals surface area contributed by atoms with E-state index in [4.69, 9.17) is 4.42 Å². The smallest absolute Gasteiger partial charge is 0.223 e. The first-order chi connectivity index (χ1) is 9.63. The van der Waals surface area contributed by atoms with Crippen LogP contribution >= 0.6 is 0 Å². The Bertz CT molecular complexity index is 452. The van der Waals surface area contributed by atoms with Crippen LogP contribution in [0.15, 0.2) is 22.8 Å². The summed E-state index contributed by atoms with van der Waals surface area (Å²) in [5.74, 6) is 0.758. The average molecular weight is 278 g/mol. The molecule has 0 radical (unpaired) electrons. The van der Waals surface area contributed by atoms with Crippen LogP contribution in [0.3, 0.4) is 0 Å². The number of rotatable bonds is 7.